The zero-order chi connectivity index (χ0) is 16.0. The number of fused-ring (bicyclic) bond motifs is 2. The number of esters is 1. The monoisotopic (exact) mass is 343 g/mol. The van der Waals surface area contributed by atoms with Crippen molar-refractivity contribution in [2.24, 2.45) is 5.92 Å². The topological polar surface area (TPSA) is 49.8 Å². The van der Waals surface area contributed by atoms with Crippen molar-refractivity contribution in [2.75, 3.05) is 14.2 Å². The highest BCUT2D eigenvalue weighted by Gasteiger charge is 2.53. The highest BCUT2D eigenvalue weighted by Crippen LogP contribution is 2.47. The van der Waals surface area contributed by atoms with Gasteiger partial charge in [0, 0.05) is 18.0 Å². The second-order valence-electron chi connectivity index (χ2n) is 6.18. The second kappa shape index (κ2) is 6.00. The van der Waals surface area contributed by atoms with Crippen LogP contribution in [0.2, 0.25) is 10.0 Å². The summed E-state index contributed by atoms with van der Waals surface area (Å²) in [7, 11) is 3.36. The first-order chi connectivity index (χ1) is 10.4. The van der Waals surface area contributed by atoms with Crippen LogP contribution in [0.5, 0.6) is 0 Å². The van der Waals surface area contributed by atoms with Gasteiger partial charge >= 0.3 is 5.97 Å². The van der Waals surface area contributed by atoms with E-state index in [9.17, 15) is 9.90 Å². The maximum absolute atomic E-state index is 12.4. The lowest BCUT2D eigenvalue weighted by molar-refractivity contribution is -0.151. The number of carbonyl (C=O) groups is 1. The lowest BCUT2D eigenvalue weighted by Crippen LogP contribution is -2.51. The zero-order valence-corrected chi connectivity index (χ0v) is 14.0. The van der Waals surface area contributed by atoms with E-state index >= 15 is 0 Å². The number of hydrogen-bond acceptors (Lipinski definition) is 4. The van der Waals surface area contributed by atoms with E-state index in [0.717, 1.165) is 12.0 Å². The molecule has 2 heterocycles. The summed E-state index contributed by atoms with van der Waals surface area (Å²) in [4.78, 5) is 14.5. The number of hydrogen-bond donors (Lipinski definition) is 1. The van der Waals surface area contributed by atoms with Gasteiger partial charge < -0.3 is 9.84 Å². The van der Waals surface area contributed by atoms with E-state index in [2.05, 4.69) is 4.90 Å². The van der Waals surface area contributed by atoms with Gasteiger partial charge in [0.05, 0.1) is 29.2 Å². The molecule has 5 atom stereocenters. The van der Waals surface area contributed by atoms with E-state index in [1.54, 1.807) is 6.07 Å². The van der Waals surface area contributed by atoms with Crippen LogP contribution in [-0.2, 0) is 9.53 Å². The van der Waals surface area contributed by atoms with Crippen molar-refractivity contribution in [3.63, 3.8) is 0 Å². The Morgan fingerprint density at radius 1 is 1.32 bits per heavy atom. The first-order valence-electron chi connectivity index (χ1n) is 7.36. The minimum Gasteiger partial charge on any atom is -0.469 e. The number of rotatable bonds is 2. The van der Waals surface area contributed by atoms with Crippen molar-refractivity contribution in [2.45, 2.75) is 36.9 Å². The average molecular weight is 344 g/mol. The normalized spacial score (nSPS) is 34.7. The van der Waals surface area contributed by atoms with Gasteiger partial charge in [-0.2, -0.15) is 0 Å². The first kappa shape index (κ1) is 16.1. The SMILES string of the molecule is COC(=O)[C@H]1[C@@H]2[C@@H](O)C[C@H](C[C@@H]1c1ccc(Cl)c(Cl)c1)N2C. The molecule has 0 saturated carbocycles. The number of methoxy groups -OCH3 is 1. The molecule has 6 heteroatoms. The predicted molar refractivity (Wildman–Crippen MR) is 85.3 cm³/mol. The third-order valence-corrected chi connectivity index (χ3v) is 5.87. The van der Waals surface area contributed by atoms with E-state index in [1.165, 1.54) is 7.11 Å². The molecular weight excluding hydrogens is 325 g/mol. The largest absolute Gasteiger partial charge is 0.469 e. The fraction of sp³-hybridized carbons (Fsp3) is 0.562. The van der Waals surface area contributed by atoms with Crippen LogP contribution in [0.25, 0.3) is 0 Å². The summed E-state index contributed by atoms with van der Waals surface area (Å²) in [5.41, 5.74) is 0.974. The molecule has 4 nitrogen and oxygen atoms in total. The smallest absolute Gasteiger partial charge is 0.310 e. The molecule has 0 radical (unpaired) electrons. The lowest BCUT2D eigenvalue weighted by atomic mass is 9.76. The second-order valence-corrected chi connectivity index (χ2v) is 6.99. The summed E-state index contributed by atoms with van der Waals surface area (Å²) in [5.74, 6) is -0.709. The fourth-order valence-corrected chi connectivity index (χ4v) is 4.36. The van der Waals surface area contributed by atoms with Gasteiger partial charge in [0.25, 0.3) is 0 Å². The van der Waals surface area contributed by atoms with Gasteiger partial charge in [-0.05, 0) is 37.6 Å². The molecule has 3 rings (SSSR count). The summed E-state index contributed by atoms with van der Waals surface area (Å²) in [6.45, 7) is 0. The van der Waals surface area contributed by atoms with E-state index < -0.39 is 12.0 Å². The Hall–Kier alpha value is -0.810. The molecule has 2 bridgehead atoms. The van der Waals surface area contributed by atoms with Gasteiger partial charge in [-0.25, -0.2) is 0 Å². The number of nitrogens with zero attached hydrogens (tertiary/aromatic N) is 1. The molecule has 0 amide bonds. The summed E-state index contributed by atoms with van der Waals surface area (Å²) < 4.78 is 5.01. The lowest BCUT2D eigenvalue weighted by Gasteiger charge is -2.42. The van der Waals surface area contributed by atoms with Crippen LogP contribution >= 0.6 is 23.2 Å². The van der Waals surface area contributed by atoms with E-state index in [4.69, 9.17) is 27.9 Å². The summed E-state index contributed by atoms with van der Waals surface area (Å²) >= 11 is 12.1. The number of aliphatic hydroxyl groups excluding tert-OH is 1. The highest BCUT2D eigenvalue weighted by atomic mass is 35.5. The molecule has 0 unspecified atom stereocenters. The van der Waals surface area contributed by atoms with Crippen molar-refractivity contribution in [1.82, 2.24) is 4.90 Å². The third-order valence-electron chi connectivity index (χ3n) is 5.13. The number of piperidine rings is 1. The van der Waals surface area contributed by atoms with Crippen LogP contribution < -0.4 is 0 Å². The predicted octanol–water partition coefficient (Wildman–Crippen LogP) is 2.70. The molecule has 0 aromatic heterocycles. The van der Waals surface area contributed by atoms with Crippen molar-refractivity contribution in [1.29, 1.82) is 0 Å². The van der Waals surface area contributed by atoms with Crippen LogP contribution in [-0.4, -0.2) is 48.3 Å². The molecule has 2 fully saturated rings. The van der Waals surface area contributed by atoms with E-state index in [0.29, 0.717) is 16.5 Å². The molecule has 2 aliphatic rings. The van der Waals surface area contributed by atoms with Crippen molar-refractivity contribution in [3.05, 3.63) is 33.8 Å². The van der Waals surface area contributed by atoms with E-state index in [-0.39, 0.29) is 24.0 Å². The Morgan fingerprint density at radius 2 is 2.05 bits per heavy atom. The molecule has 2 aliphatic heterocycles. The van der Waals surface area contributed by atoms with Crippen molar-refractivity contribution >= 4 is 29.2 Å². The molecule has 22 heavy (non-hydrogen) atoms. The minimum absolute atomic E-state index is 0.0226. The van der Waals surface area contributed by atoms with E-state index in [1.807, 2.05) is 19.2 Å². The Balaban J connectivity index is 2.01. The Labute approximate surface area is 140 Å². The van der Waals surface area contributed by atoms with Gasteiger partial charge in [0.1, 0.15) is 0 Å². The summed E-state index contributed by atoms with van der Waals surface area (Å²) in [6.07, 6.45) is 0.973. The molecule has 120 valence electrons. The number of carbonyl (C=O) groups excluding carboxylic acids is 1. The van der Waals surface area contributed by atoms with Gasteiger partial charge in [0.15, 0.2) is 0 Å². The molecule has 1 N–H and O–H groups in total. The Bertz CT molecular complexity index is 595. The standard InChI is InChI=1S/C16H19Cl2NO3/c1-19-9-6-10(8-3-4-11(17)12(18)5-8)14(16(21)22-2)15(19)13(20)7-9/h3-5,9-10,13-15,20H,6-7H2,1-2H3/t9-,10+,13-,14+,15-/m0/s1. The summed E-state index contributed by atoms with van der Waals surface area (Å²) in [6, 6.07) is 5.53. The number of likely N-dealkylation sites (N-methyl/N-ethyl adjacent to an activating group) is 1. The number of ether oxygens (including phenoxy) is 1. The zero-order valence-electron chi connectivity index (χ0n) is 12.5. The summed E-state index contributed by atoms with van der Waals surface area (Å²) in [5, 5.41) is 11.3. The Morgan fingerprint density at radius 3 is 2.68 bits per heavy atom. The van der Waals surface area contributed by atoms with Gasteiger partial charge in [-0.1, -0.05) is 29.3 Å². The minimum atomic E-state index is -0.508. The quantitative estimate of drug-likeness (QED) is 0.838. The maximum Gasteiger partial charge on any atom is 0.310 e. The van der Waals surface area contributed by atoms with Crippen LogP contribution in [0.1, 0.15) is 24.3 Å². The van der Waals surface area contributed by atoms with Gasteiger partial charge in [-0.15, -0.1) is 0 Å². The number of halogens is 2. The Kier molecular flexibility index (Phi) is 4.38. The fourth-order valence-electron chi connectivity index (χ4n) is 4.06. The molecule has 1 aromatic carbocycles. The first-order valence-corrected chi connectivity index (χ1v) is 8.12. The highest BCUT2D eigenvalue weighted by molar-refractivity contribution is 6.42. The van der Waals surface area contributed by atoms with Crippen molar-refractivity contribution in [3.8, 4) is 0 Å². The van der Waals surface area contributed by atoms with Crippen LogP contribution in [0, 0.1) is 5.92 Å². The number of benzene rings is 1. The third kappa shape index (κ3) is 2.52. The average Bonchev–Trinajstić information content (AvgIpc) is 2.68. The van der Waals surface area contributed by atoms with Crippen LogP contribution in [0.3, 0.4) is 0 Å². The molecule has 0 aliphatic carbocycles. The van der Waals surface area contributed by atoms with Crippen molar-refractivity contribution < 1.29 is 14.6 Å². The molecule has 1 aromatic rings. The van der Waals surface area contributed by atoms with Gasteiger partial charge in [0.2, 0.25) is 0 Å². The molecule has 2 saturated heterocycles. The molecular formula is C16H19Cl2NO3. The maximum atomic E-state index is 12.4. The van der Waals surface area contributed by atoms with Crippen LogP contribution in [0.4, 0.5) is 0 Å². The molecule has 0 spiro atoms. The van der Waals surface area contributed by atoms with Gasteiger partial charge in [-0.3, -0.25) is 9.69 Å². The number of aliphatic hydroxyl groups is 1. The van der Waals surface area contributed by atoms with Crippen LogP contribution in [0.15, 0.2) is 18.2 Å².